The highest BCUT2D eigenvalue weighted by Crippen LogP contribution is 2.39. The van der Waals surface area contributed by atoms with E-state index in [-0.39, 0.29) is 11.5 Å². The number of nitrogens with two attached hydrogens (primary N) is 1. The topological polar surface area (TPSA) is 66.5 Å². The largest absolute Gasteiger partial charge is 0.504 e. The molecule has 15 heavy (non-hydrogen) atoms. The van der Waals surface area contributed by atoms with Crippen LogP contribution in [0.15, 0.2) is 12.1 Å². The van der Waals surface area contributed by atoms with Crippen LogP contribution in [0, 0.1) is 0 Å². The van der Waals surface area contributed by atoms with E-state index in [9.17, 15) is 10.2 Å². The molecule has 0 radical (unpaired) electrons. The number of fused-ring (bicyclic) bond motifs is 1. The lowest BCUT2D eigenvalue weighted by molar-refractivity contribution is 0.398. The second-order valence-corrected chi connectivity index (χ2v) is 4.18. The van der Waals surface area contributed by atoms with Crippen molar-refractivity contribution < 1.29 is 10.2 Å². The minimum atomic E-state index is -0.0218. The summed E-state index contributed by atoms with van der Waals surface area (Å²) in [5.41, 5.74) is 7.74. The molecule has 0 amide bonds. The van der Waals surface area contributed by atoms with E-state index < -0.39 is 0 Å². The number of hydrogen-bond donors (Lipinski definition) is 3. The number of phenolic OH excluding ortho intramolecular Hbond substituents is 2. The lowest BCUT2D eigenvalue weighted by Crippen LogP contribution is -2.12. The van der Waals surface area contributed by atoms with Crippen molar-refractivity contribution in [1.29, 1.82) is 0 Å². The standard InChI is InChI=1S/C12H17NO2/c13-7-8-3-1-2-4-10-9(8)5-6-11(14)12(10)15/h5-6,8,14-15H,1-4,7,13H2/t8-/m1/s1. The van der Waals surface area contributed by atoms with E-state index in [1.54, 1.807) is 6.07 Å². The third-order valence-electron chi connectivity index (χ3n) is 3.25. The summed E-state index contributed by atoms with van der Waals surface area (Å²) >= 11 is 0. The van der Waals surface area contributed by atoms with Crippen molar-refractivity contribution in [2.75, 3.05) is 6.54 Å². The van der Waals surface area contributed by atoms with Gasteiger partial charge in [0, 0.05) is 5.56 Å². The van der Waals surface area contributed by atoms with Gasteiger partial charge in [0.05, 0.1) is 0 Å². The minimum Gasteiger partial charge on any atom is -0.504 e. The van der Waals surface area contributed by atoms with E-state index in [1.165, 1.54) is 0 Å². The summed E-state index contributed by atoms with van der Waals surface area (Å²) in [4.78, 5) is 0. The lowest BCUT2D eigenvalue weighted by atomic mass is 9.92. The first-order valence-electron chi connectivity index (χ1n) is 5.47. The smallest absolute Gasteiger partial charge is 0.160 e. The van der Waals surface area contributed by atoms with Gasteiger partial charge in [-0.05, 0) is 43.4 Å². The number of hydrogen-bond acceptors (Lipinski definition) is 3. The molecule has 0 fully saturated rings. The first-order valence-corrected chi connectivity index (χ1v) is 5.47. The Kier molecular flexibility index (Phi) is 2.82. The molecule has 0 aromatic heterocycles. The van der Waals surface area contributed by atoms with Crippen molar-refractivity contribution in [3.05, 3.63) is 23.3 Å². The zero-order chi connectivity index (χ0) is 10.8. The van der Waals surface area contributed by atoms with Gasteiger partial charge in [-0.25, -0.2) is 0 Å². The molecule has 3 heteroatoms. The number of benzene rings is 1. The van der Waals surface area contributed by atoms with E-state index >= 15 is 0 Å². The molecule has 3 nitrogen and oxygen atoms in total. The van der Waals surface area contributed by atoms with E-state index in [2.05, 4.69) is 0 Å². The molecule has 0 unspecified atom stereocenters. The van der Waals surface area contributed by atoms with Crippen LogP contribution in [-0.4, -0.2) is 16.8 Å². The fourth-order valence-corrected chi connectivity index (χ4v) is 2.38. The van der Waals surface area contributed by atoms with Crippen LogP contribution in [0.25, 0.3) is 0 Å². The van der Waals surface area contributed by atoms with Crippen molar-refractivity contribution in [2.45, 2.75) is 31.6 Å². The molecule has 1 aromatic rings. The molecule has 4 N–H and O–H groups in total. The fourth-order valence-electron chi connectivity index (χ4n) is 2.38. The maximum atomic E-state index is 9.79. The van der Waals surface area contributed by atoms with Crippen LogP contribution in [0.3, 0.4) is 0 Å². The Morgan fingerprint density at radius 1 is 1.27 bits per heavy atom. The monoisotopic (exact) mass is 207 g/mol. The summed E-state index contributed by atoms with van der Waals surface area (Å²) in [6.45, 7) is 0.608. The number of phenols is 2. The second-order valence-electron chi connectivity index (χ2n) is 4.18. The van der Waals surface area contributed by atoms with Crippen molar-refractivity contribution in [3.8, 4) is 11.5 Å². The Hall–Kier alpha value is -1.22. The van der Waals surface area contributed by atoms with Crippen molar-refractivity contribution in [2.24, 2.45) is 5.73 Å². The number of rotatable bonds is 1. The molecule has 0 saturated heterocycles. The van der Waals surface area contributed by atoms with Crippen molar-refractivity contribution >= 4 is 0 Å². The molecule has 82 valence electrons. The predicted octanol–water partition coefficient (Wildman–Crippen LogP) is 1.87. The molecule has 0 heterocycles. The van der Waals surface area contributed by atoms with Crippen LogP contribution >= 0.6 is 0 Å². The van der Waals surface area contributed by atoms with Gasteiger partial charge in [0.2, 0.25) is 0 Å². The van der Waals surface area contributed by atoms with E-state index in [4.69, 9.17) is 5.73 Å². The summed E-state index contributed by atoms with van der Waals surface area (Å²) in [7, 11) is 0. The zero-order valence-corrected chi connectivity index (χ0v) is 8.74. The van der Waals surface area contributed by atoms with Crippen LogP contribution in [-0.2, 0) is 6.42 Å². The van der Waals surface area contributed by atoms with Gasteiger partial charge in [-0.2, -0.15) is 0 Å². The molecule has 1 atom stereocenters. The van der Waals surface area contributed by atoms with Crippen molar-refractivity contribution in [1.82, 2.24) is 0 Å². The molecule has 1 aliphatic carbocycles. The third-order valence-corrected chi connectivity index (χ3v) is 3.25. The Labute approximate surface area is 89.5 Å². The van der Waals surface area contributed by atoms with Gasteiger partial charge in [0.15, 0.2) is 11.5 Å². The van der Waals surface area contributed by atoms with Gasteiger partial charge < -0.3 is 15.9 Å². The SMILES string of the molecule is NC[C@H]1CCCCc2c1ccc(O)c2O. The third kappa shape index (κ3) is 1.79. The lowest BCUT2D eigenvalue weighted by Gasteiger charge is -2.16. The normalized spacial score (nSPS) is 20.7. The summed E-state index contributed by atoms with van der Waals surface area (Å²) in [5, 5.41) is 19.2. The average molecular weight is 207 g/mol. The summed E-state index contributed by atoms with van der Waals surface area (Å²) in [6.07, 6.45) is 4.11. The van der Waals surface area contributed by atoms with Crippen LogP contribution in [0.1, 0.15) is 36.3 Å². The van der Waals surface area contributed by atoms with Gasteiger partial charge >= 0.3 is 0 Å². The van der Waals surface area contributed by atoms with Crippen molar-refractivity contribution in [3.63, 3.8) is 0 Å². The molecular weight excluding hydrogens is 190 g/mol. The maximum absolute atomic E-state index is 9.79. The quantitative estimate of drug-likeness (QED) is 0.486. The average Bonchev–Trinajstić information content (AvgIpc) is 2.45. The Morgan fingerprint density at radius 3 is 2.80 bits per heavy atom. The molecule has 1 aliphatic rings. The first kappa shape index (κ1) is 10.3. The molecule has 0 bridgehead atoms. The summed E-state index contributed by atoms with van der Waals surface area (Å²) in [6, 6.07) is 3.45. The van der Waals surface area contributed by atoms with Crippen LogP contribution < -0.4 is 5.73 Å². The van der Waals surface area contributed by atoms with Gasteiger partial charge in [-0.15, -0.1) is 0 Å². The first-order chi connectivity index (χ1) is 7.24. The van der Waals surface area contributed by atoms with E-state index in [0.29, 0.717) is 12.5 Å². The van der Waals surface area contributed by atoms with Crippen LogP contribution in [0.2, 0.25) is 0 Å². The van der Waals surface area contributed by atoms with Gasteiger partial charge in [0.1, 0.15) is 0 Å². The van der Waals surface area contributed by atoms with Crippen LogP contribution in [0.4, 0.5) is 0 Å². The molecule has 2 rings (SSSR count). The predicted molar refractivity (Wildman–Crippen MR) is 59.1 cm³/mol. The van der Waals surface area contributed by atoms with Crippen LogP contribution in [0.5, 0.6) is 11.5 Å². The maximum Gasteiger partial charge on any atom is 0.160 e. The zero-order valence-electron chi connectivity index (χ0n) is 8.74. The highest BCUT2D eigenvalue weighted by molar-refractivity contribution is 5.50. The van der Waals surface area contributed by atoms with Gasteiger partial charge in [-0.3, -0.25) is 0 Å². The highest BCUT2D eigenvalue weighted by atomic mass is 16.3. The highest BCUT2D eigenvalue weighted by Gasteiger charge is 2.21. The van der Waals surface area contributed by atoms with E-state index in [0.717, 1.165) is 36.8 Å². The molecule has 0 saturated carbocycles. The van der Waals surface area contributed by atoms with Gasteiger partial charge in [0.25, 0.3) is 0 Å². The fraction of sp³-hybridized carbons (Fsp3) is 0.500. The van der Waals surface area contributed by atoms with Gasteiger partial charge in [-0.1, -0.05) is 12.5 Å². The Balaban J connectivity index is 2.49. The Bertz CT molecular complexity index is 363. The molecule has 1 aromatic carbocycles. The summed E-state index contributed by atoms with van der Waals surface area (Å²) in [5.74, 6) is 0.355. The minimum absolute atomic E-state index is 0.0218. The number of aromatic hydroxyl groups is 2. The summed E-state index contributed by atoms with van der Waals surface area (Å²) < 4.78 is 0. The second kappa shape index (κ2) is 4.11. The van der Waals surface area contributed by atoms with E-state index in [1.807, 2.05) is 6.07 Å². The Morgan fingerprint density at radius 2 is 2.07 bits per heavy atom. The molecule has 0 spiro atoms. The molecular formula is C12H17NO2. The molecule has 0 aliphatic heterocycles.